The number of nitrogens with two attached hydrogens (primary N) is 1. The number of tetrazole rings is 1. The van der Waals surface area contributed by atoms with Crippen molar-refractivity contribution in [1.82, 2.24) is 25.6 Å². The fourth-order valence-corrected chi connectivity index (χ4v) is 2.41. The van der Waals surface area contributed by atoms with Crippen molar-refractivity contribution in [2.45, 2.75) is 26.2 Å². The molecule has 0 saturated heterocycles. The number of aromatic nitrogens is 5. The monoisotopic (exact) mass is 290 g/mol. The van der Waals surface area contributed by atoms with E-state index in [2.05, 4.69) is 25.6 Å². The van der Waals surface area contributed by atoms with E-state index in [1.54, 1.807) is 18.3 Å². The lowest BCUT2D eigenvalue weighted by Gasteiger charge is -2.24. The van der Waals surface area contributed by atoms with E-state index in [1.807, 2.05) is 13.8 Å². The second-order valence-electron chi connectivity index (χ2n) is 5.27. The van der Waals surface area contributed by atoms with Crippen LogP contribution in [0, 0.1) is 11.8 Å². The molecule has 2 unspecified atom stereocenters. The van der Waals surface area contributed by atoms with Crippen LogP contribution in [0.25, 0.3) is 0 Å². The van der Waals surface area contributed by atoms with Gasteiger partial charge < -0.3 is 10.8 Å². The molecule has 0 bridgehead atoms. The van der Waals surface area contributed by atoms with Crippen molar-refractivity contribution in [3.8, 4) is 0 Å². The highest BCUT2D eigenvalue weighted by Gasteiger charge is 2.35. The molecule has 8 heteroatoms. The SMILES string of the molecule is CC(C)C(C(=O)O)C(Cc1ccc(N)cn1)c1nn[nH]n1. The summed E-state index contributed by atoms with van der Waals surface area (Å²) in [6.45, 7) is 3.73. The molecule has 0 aromatic carbocycles. The molecule has 0 aliphatic carbocycles. The summed E-state index contributed by atoms with van der Waals surface area (Å²) in [4.78, 5) is 15.8. The van der Waals surface area contributed by atoms with Crippen LogP contribution in [0.1, 0.15) is 31.3 Å². The summed E-state index contributed by atoms with van der Waals surface area (Å²) in [5.41, 5.74) is 6.92. The molecular formula is C13H18N6O2. The van der Waals surface area contributed by atoms with Crippen molar-refractivity contribution in [3.05, 3.63) is 29.8 Å². The Kier molecular flexibility index (Phi) is 4.46. The largest absolute Gasteiger partial charge is 0.481 e. The maximum absolute atomic E-state index is 11.6. The molecule has 0 spiro atoms. The normalized spacial score (nSPS) is 14.0. The van der Waals surface area contributed by atoms with E-state index in [0.29, 0.717) is 17.9 Å². The van der Waals surface area contributed by atoms with E-state index in [4.69, 9.17) is 5.73 Å². The lowest BCUT2D eigenvalue weighted by atomic mass is 9.80. The minimum absolute atomic E-state index is 0.0696. The van der Waals surface area contributed by atoms with Crippen molar-refractivity contribution < 1.29 is 9.90 Å². The van der Waals surface area contributed by atoms with Gasteiger partial charge in [0.2, 0.25) is 0 Å². The van der Waals surface area contributed by atoms with Gasteiger partial charge in [-0.25, -0.2) is 0 Å². The minimum atomic E-state index is -0.879. The molecule has 2 rings (SSSR count). The van der Waals surface area contributed by atoms with Crippen LogP contribution in [0.5, 0.6) is 0 Å². The lowest BCUT2D eigenvalue weighted by Crippen LogP contribution is -2.29. The molecule has 0 radical (unpaired) electrons. The predicted octanol–water partition coefficient (Wildman–Crippen LogP) is 0.860. The maximum atomic E-state index is 11.6. The van der Waals surface area contributed by atoms with Crippen molar-refractivity contribution in [2.75, 3.05) is 5.73 Å². The Balaban J connectivity index is 2.32. The second kappa shape index (κ2) is 6.29. The van der Waals surface area contributed by atoms with Crippen LogP contribution in [-0.2, 0) is 11.2 Å². The third kappa shape index (κ3) is 3.53. The summed E-state index contributed by atoms with van der Waals surface area (Å²) in [6.07, 6.45) is 1.96. The molecule has 2 aromatic rings. The van der Waals surface area contributed by atoms with Gasteiger partial charge in [0, 0.05) is 18.0 Å². The summed E-state index contributed by atoms with van der Waals surface area (Å²) < 4.78 is 0. The number of aromatic amines is 1. The Labute approximate surface area is 121 Å². The number of nitrogens with one attached hydrogen (secondary N) is 1. The molecule has 0 amide bonds. The van der Waals surface area contributed by atoms with E-state index in [1.165, 1.54) is 0 Å². The number of carboxylic acid groups (broad SMARTS) is 1. The fraction of sp³-hybridized carbons (Fsp3) is 0.462. The Morgan fingerprint density at radius 1 is 1.43 bits per heavy atom. The van der Waals surface area contributed by atoms with Crippen LogP contribution in [0.15, 0.2) is 18.3 Å². The third-order valence-electron chi connectivity index (χ3n) is 3.41. The molecule has 0 saturated carbocycles. The second-order valence-corrected chi connectivity index (χ2v) is 5.27. The quantitative estimate of drug-likeness (QED) is 0.719. The first-order valence-corrected chi connectivity index (χ1v) is 6.65. The first kappa shape index (κ1) is 14.9. The Hall–Kier alpha value is -2.51. The standard InChI is InChI=1S/C13H18N6O2/c1-7(2)11(13(20)21)10(12-16-18-19-17-12)5-9-4-3-8(14)6-15-9/h3-4,6-7,10-11H,5,14H2,1-2H3,(H,20,21)(H,16,17,18,19). The van der Waals surface area contributed by atoms with Gasteiger partial charge in [-0.3, -0.25) is 9.78 Å². The number of carbonyl (C=O) groups is 1. The van der Waals surface area contributed by atoms with Gasteiger partial charge in [-0.2, -0.15) is 5.21 Å². The Morgan fingerprint density at radius 2 is 2.19 bits per heavy atom. The van der Waals surface area contributed by atoms with Crippen molar-refractivity contribution >= 4 is 11.7 Å². The number of nitrogens with zero attached hydrogens (tertiary/aromatic N) is 4. The van der Waals surface area contributed by atoms with Crippen LogP contribution < -0.4 is 5.73 Å². The Morgan fingerprint density at radius 3 is 2.67 bits per heavy atom. The fourth-order valence-electron chi connectivity index (χ4n) is 2.41. The smallest absolute Gasteiger partial charge is 0.307 e. The molecule has 2 atom stereocenters. The summed E-state index contributed by atoms with van der Waals surface area (Å²) in [5, 5.41) is 23.3. The number of carboxylic acids is 1. The Bertz CT molecular complexity index is 581. The molecule has 2 heterocycles. The van der Waals surface area contributed by atoms with Gasteiger partial charge >= 0.3 is 5.97 Å². The number of nitrogen functional groups attached to an aromatic ring is 1. The average molecular weight is 290 g/mol. The molecule has 0 fully saturated rings. The first-order valence-electron chi connectivity index (χ1n) is 6.65. The van der Waals surface area contributed by atoms with Gasteiger partial charge in [0.15, 0.2) is 5.82 Å². The molecule has 112 valence electrons. The average Bonchev–Trinajstić information content (AvgIpc) is 2.93. The van der Waals surface area contributed by atoms with Crippen molar-refractivity contribution in [1.29, 1.82) is 0 Å². The zero-order chi connectivity index (χ0) is 15.4. The zero-order valence-electron chi connectivity index (χ0n) is 11.9. The van der Waals surface area contributed by atoms with Crippen LogP contribution in [-0.4, -0.2) is 36.7 Å². The number of H-pyrrole nitrogens is 1. The summed E-state index contributed by atoms with van der Waals surface area (Å²) >= 11 is 0. The van der Waals surface area contributed by atoms with E-state index in [-0.39, 0.29) is 5.92 Å². The van der Waals surface area contributed by atoms with E-state index in [0.717, 1.165) is 5.69 Å². The van der Waals surface area contributed by atoms with Crippen LogP contribution in [0.2, 0.25) is 0 Å². The highest BCUT2D eigenvalue weighted by molar-refractivity contribution is 5.71. The van der Waals surface area contributed by atoms with Gasteiger partial charge in [-0.15, -0.1) is 10.2 Å². The maximum Gasteiger partial charge on any atom is 0.307 e. The zero-order valence-corrected chi connectivity index (χ0v) is 11.9. The number of hydrogen-bond donors (Lipinski definition) is 3. The predicted molar refractivity (Wildman–Crippen MR) is 75.2 cm³/mol. The lowest BCUT2D eigenvalue weighted by molar-refractivity contribution is -0.144. The molecule has 4 N–H and O–H groups in total. The van der Waals surface area contributed by atoms with Crippen LogP contribution in [0.3, 0.4) is 0 Å². The van der Waals surface area contributed by atoms with Gasteiger partial charge in [-0.05, 0) is 18.1 Å². The van der Waals surface area contributed by atoms with E-state index >= 15 is 0 Å². The third-order valence-corrected chi connectivity index (χ3v) is 3.41. The highest BCUT2D eigenvalue weighted by atomic mass is 16.4. The molecule has 2 aromatic heterocycles. The van der Waals surface area contributed by atoms with Gasteiger partial charge in [0.25, 0.3) is 0 Å². The number of anilines is 1. The molecule has 8 nitrogen and oxygen atoms in total. The summed E-state index contributed by atoms with van der Waals surface area (Å²) in [5.74, 6) is -1.59. The first-order chi connectivity index (χ1) is 9.99. The molecule has 0 aliphatic rings. The molecular weight excluding hydrogens is 272 g/mol. The van der Waals surface area contributed by atoms with Crippen molar-refractivity contribution in [3.63, 3.8) is 0 Å². The molecule has 0 aliphatic heterocycles. The highest BCUT2D eigenvalue weighted by Crippen LogP contribution is 2.31. The van der Waals surface area contributed by atoms with Crippen LogP contribution in [0.4, 0.5) is 5.69 Å². The van der Waals surface area contributed by atoms with E-state index in [9.17, 15) is 9.90 Å². The number of aliphatic carboxylic acids is 1. The van der Waals surface area contributed by atoms with Gasteiger partial charge in [-0.1, -0.05) is 19.1 Å². The number of rotatable bonds is 6. The minimum Gasteiger partial charge on any atom is -0.481 e. The summed E-state index contributed by atoms with van der Waals surface area (Å²) in [6, 6.07) is 3.52. The van der Waals surface area contributed by atoms with Crippen molar-refractivity contribution in [2.24, 2.45) is 11.8 Å². The van der Waals surface area contributed by atoms with Crippen LogP contribution >= 0.6 is 0 Å². The van der Waals surface area contributed by atoms with Gasteiger partial charge in [0.1, 0.15) is 0 Å². The molecule has 21 heavy (non-hydrogen) atoms. The van der Waals surface area contributed by atoms with Gasteiger partial charge in [0.05, 0.1) is 17.8 Å². The summed E-state index contributed by atoms with van der Waals surface area (Å²) in [7, 11) is 0. The number of pyridine rings is 1. The topological polar surface area (TPSA) is 131 Å². The number of hydrogen-bond acceptors (Lipinski definition) is 6. The van der Waals surface area contributed by atoms with E-state index < -0.39 is 17.8 Å².